The first-order valence-electron chi connectivity index (χ1n) is 10.3. The fraction of sp³-hybridized carbons (Fsp3) is 0.167. The van der Waals surface area contributed by atoms with Gasteiger partial charge in [0.05, 0.1) is 16.8 Å². The molecule has 3 aromatic carbocycles. The van der Waals surface area contributed by atoms with E-state index in [-0.39, 0.29) is 11.7 Å². The molecule has 0 aliphatic carbocycles. The number of halogens is 1. The Bertz CT molecular complexity index is 1360. The number of ether oxygens (including phenoxy) is 2. The molecule has 0 aromatic heterocycles. The highest BCUT2D eigenvalue weighted by Crippen LogP contribution is 2.32. The molecule has 0 atom stereocenters. The third kappa shape index (κ3) is 5.16. The van der Waals surface area contributed by atoms with Crippen LogP contribution in [0.1, 0.15) is 16.7 Å². The Balaban J connectivity index is 1.56. The lowest BCUT2D eigenvalue weighted by molar-refractivity contribution is -0.119. The number of carbonyl (C=O) groups excluding carboxylic acids is 1. The summed E-state index contributed by atoms with van der Waals surface area (Å²) >= 11 is 6.05. The minimum Gasteiger partial charge on any atom is -0.454 e. The van der Waals surface area contributed by atoms with Gasteiger partial charge in [0.25, 0.3) is 15.9 Å². The van der Waals surface area contributed by atoms with Crippen LogP contribution in [0, 0.1) is 13.8 Å². The Morgan fingerprint density at radius 2 is 1.79 bits per heavy atom. The third-order valence-electron chi connectivity index (χ3n) is 5.12. The molecule has 8 nitrogen and oxygen atoms in total. The van der Waals surface area contributed by atoms with Crippen LogP contribution < -0.4 is 19.2 Å². The van der Waals surface area contributed by atoms with Gasteiger partial charge in [0.1, 0.15) is 6.54 Å². The number of fused-ring (bicyclic) bond motifs is 1. The number of aryl methyl sites for hydroxylation is 2. The summed E-state index contributed by atoms with van der Waals surface area (Å²) in [4.78, 5) is 12.8. The number of carbonyl (C=O) groups is 1. The highest BCUT2D eigenvalue weighted by Gasteiger charge is 2.28. The summed E-state index contributed by atoms with van der Waals surface area (Å²) in [7, 11) is -4.04. The Kier molecular flexibility index (Phi) is 6.76. The zero-order valence-electron chi connectivity index (χ0n) is 18.5. The van der Waals surface area contributed by atoms with Crippen molar-refractivity contribution in [3.05, 3.63) is 82.4 Å². The molecule has 3 aromatic rings. The molecule has 0 radical (unpaired) electrons. The molecule has 4 rings (SSSR count). The van der Waals surface area contributed by atoms with Crippen LogP contribution in [0.2, 0.25) is 5.02 Å². The van der Waals surface area contributed by atoms with Crippen molar-refractivity contribution in [2.75, 3.05) is 17.6 Å². The van der Waals surface area contributed by atoms with Gasteiger partial charge < -0.3 is 9.47 Å². The zero-order chi connectivity index (χ0) is 24.3. The quantitative estimate of drug-likeness (QED) is 0.391. The molecule has 34 heavy (non-hydrogen) atoms. The molecule has 0 unspecified atom stereocenters. The molecular weight excluding hydrogens is 478 g/mol. The molecule has 176 valence electrons. The van der Waals surface area contributed by atoms with Crippen LogP contribution in [0.5, 0.6) is 11.5 Å². The lowest BCUT2D eigenvalue weighted by atomic mass is 10.2. The monoisotopic (exact) mass is 499 g/mol. The summed E-state index contributed by atoms with van der Waals surface area (Å²) in [5, 5.41) is 4.42. The summed E-state index contributed by atoms with van der Waals surface area (Å²) in [6.07, 6.45) is 1.44. The van der Waals surface area contributed by atoms with Crippen molar-refractivity contribution in [3.8, 4) is 11.5 Å². The second-order valence-electron chi connectivity index (χ2n) is 7.66. The fourth-order valence-electron chi connectivity index (χ4n) is 3.37. The minimum atomic E-state index is -4.04. The van der Waals surface area contributed by atoms with Crippen molar-refractivity contribution in [3.63, 3.8) is 0 Å². The van der Waals surface area contributed by atoms with Crippen LogP contribution in [-0.4, -0.2) is 33.9 Å². The average molecular weight is 500 g/mol. The van der Waals surface area contributed by atoms with Crippen molar-refractivity contribution in [1.29, 1.82) is 0 Å². The van der Waals surface area contributed by atoms with Crippen molar-refractivity contribution in [1.82, 2.24) is 5.43 Å². The topological polar surface area (TPSA) is 97.3 Å². The van der Waals surface area contributed by atoms with Crippen molar-refractivity contribution in [2.45, 2.75) is 18.7 Å². The Hall–Kier alpha value is -3.56. The standard InChI is InChI=1S/C24H22ClN3O5S/c1-16-3-7-20(8-4-16)34(30,31)28(21-9-6-19(25)11-17(21)2)14-24(29)27-26-13-18-5-10-22-23(12-18)33-15-32-22/h3-13H,14-15H2,1-2H3,(H,27,29)/b26-13+. The Morgan fingerprint density at radius 1 is 1.06 bits per heavy atom. The van der Waals surface area contributed by atoms with Crippen LogP contribution in [0.3, 0.4) is 0 Å². The molecule has 1 aliphatic rings. The van der Waals surface area contributed by atoms with Gasteiger partial charge in [-0.15, -0.1) is 0 Å². The summed E-state index contributed by atoms with van der Waals surface area (Å²) in [6.45, 7) is 3.27. The highest BCUT2D eigenvalue weighted by atomic mass is 35.5. The number of rotatable bonds is 7. The number of hydrazone groups is 1. The van der Waals surface area contributed by atoms with E-state index in [4.69, 9.17) is 21.1 Å². The lowest BCUT2D eigenvalue weighted by Crippen LogP contribution is -2.40. The molecule has 0 bridgehead atoms. The van der Waals surface area contributed by atoms with Gasteiger partial charge in [-0.05, 0) is 73.5 Å². The average Bonchev–Trinajstić information content (AvgIpc) is 3.26. The molecular formula is C24H22ClN3O5S. The summed E-state index contributed by atoms with van der Waals surface area (Å²) in [5.74, 6) is 0.613. The van der Waals surface area contributed by atoms with Gasteiger partial charge >= 0.3 is 0 Å². The van der Waals surface area contributed by atoms with Gasteiger partial charge in [-0.25, -0.2) is 13.8 Å². The molecule has 1 aliphatic heterocycles. The van der Waals surface area contributed by atoms with E-state index < -0.39 is 22.5 Å². The molecule has 0 spiro atoms. The maximum absolute atomic E-state index is 13.5. The molecule has 10 heteroatoms. The van der Waals surface area contributed by atoms with Gasteiger partial charge in [-0.2, -0.15) is 5.10 Å². The molecule has 0 saturated carbocycles. The van der Waals surface area contributed by atoms with Crippen molar-refractivity contribution < 1.29 is 22.7 Å². The van der Waals surface area contributed by atoms with E-state index in [1.807, 2.05) is 6.92 Å². The predicted molar refractivity (Wildman–Crippen MR) is 130 cm³/mol. The van der Waals surface area contributed by atoms with E-state index in [1.165, 1.54) is 18.3 Å². The maximum atomic E-state index is 13.5. The largest absolute Gasteiger partial charge is 0.454 e. The summed E-state index contributed by atoms with van der Waals surface area (Å²) < 4.78 is 38.6. The lowest BCUT2D eigenvalue weighted by Gasteiger charge is -2.25. The van der Waals surface area contributed by atoms with Crippen LogP contribution >= 0.6 is 11.6 Å². The Labute approximate surface area is 202 Å². The second kappa shape index (κ2) is 9.74. The van der Waals surface area contributed by atoms with Crippen LogP contribution in [0.15, 0.2) is 70.7 Å². The first-order chi connectivity index (χ1) is 16.2. The second-order valence-corrected chi connectivity index (χ2v) is 9.96. The minimum absolute atomic E-state index is 0.0733. The number of nitrogens with one attached hydrogen (secondary N) is 1. The number of benzene rings is 3. The van der Waals surface area contributed by atoms with Crippen LogP contribution in [0.25, 0.3) is 0 Å². The molecule has 1 heterocycles. The Morgan fingerprint density at radius 3 is 2.53 bits per heavy atom. The van der Waals surface area contributed by atoms with E-state index in [2.05, 4.69) is 10.5 Å². The van der Waals surface area contributed by atoms with Crippen LogP contribution in [0.4, 0.5) is 5.69 Å². The number of hydrogen-bond donors (Lipinski definition) is 1. The number of anilines is 1. The predicted octanol–water partition coefficient (Wildman–Crippen LogP) is 4.03. The first-order valence-corrected chi connectivity index (χ1v) is 12.1. The van der Waals surface area contributed by atoms with E-state index in [0.29, 0.717) is 33.3 Å². The highest BCUT2D eigenvalue weighted by molar-refractivity contribution is 7.92. The number of nitrogens with zero attached hydrogens (tertiary/aromatic N) is 2. The van der Waals surface area contributed by atoms with E-state index in [9.17, 15) is 13.2 Å². The smallest absolute Gasteiger partial charge is 0.264 e. The zero-order valence-corrected chi connectivity index (χ0v) is 20.1. The van der Waals surface area contributed by atoms with Gasteiger partial charge in [0.15, 0.2) is 11.5 Å². The molecule has 0 fully saturated rings. The third-order valence-corrected chi connectivity index (χ3v) is 7.13. The maximum Gasteiger partial charge on any atom is 0.264 e. The van der Waals surface area contributed by atoms with E-state index in [0.717, 1.165) is 9.87 Å². The summed E-state index contributed by atoms with van der Waals surface area (Å²) in [6, 6.07) is 16.5. The van der Waals surface area contributed by atoms with E-state index in [1.54, 1.807) is 55.5 Å². The van der Waals surface area contributed by atoms with Crippen LogP contribution in [-0.2, 0) is 14.8 Å². The van der Waals surface area contributed by atoms with Gasteiger partial charge in [0, 0.05) is 5.02 Å². The van der Waals surface area contributed by atoms with Crippen molar-refractivity contribution >= 4 is 39.4 Å². The number of amides is 1. The number of sulfonamides is 1. The normalized spacial score (nSPS) is 12.7. The SMILES string of the molecule is Cc1ccc(S(=O)(=O)N(CC(=O)N/N=C/c2ccc3c(c2)OCO3)c2ccc(Cl)cc2C)cc1. The van der Waals surface area contributed by atoms with Gasteiger partial charge in [0.2, 0.25) is 6.79 Å². The summed E-state index contributed by atoms with van der Waals surface area (Å²) in [5.41, 5.74) is 4.95. The first kappa shape index (κ1) is 23.6. The van der Waals surface area contributed by atoms with Gasteiger partial charge in [-0.3, -0.25) is 9.10 Å². The number of hydrogen-bond acceptors (Lipinski definition) is 6. The molecule has 0 saturated heterocycles. The van der Waals surface area contributed by atoms with Crippen molar-refractivity contribution in [2.24, 2.45) is 5.10 Å². The fourth-order valence-corrected chi connectivity index (χ4v) is 5.09. The van der Waals surface area contributed by atoms with Gasteiger partial charge in [-0.1, -0.05) is 29.3 Å². The molecule has 1 N–H and O–H groups in total. The van der Waals surface area contributed by atoms with E-state index >= 15 is 0 Å². The molecule has 1 amide bonds.